The summed E-state index contributed by atoms with van der Waals surface area (Å²) in [6.45, 7) is 11.1. The van der Waals surface area contributed by atoms with Gasteiger partial charge in [0.2, 0.25) is 0 Å². The van der Waals surface area contributed by atoms with Crippen molar-refractivity contribution >= 4 is 19.4 Å². The van der Waals surface area contributed by atoms with E-state index < -0.39 is 0 Å². The number of hydrogen-bond donors (Lipinski definition) is 0. The maximum absolute atomic E-state index is 9.67. The summed E-state index contributed by atoms with van der Waals surface area (Å²) in [6.07, 6.45) is 0. The molecule has 0 aliphatic carbocycles. The zero-order chi connectivity index (χ0) is 18.0. The van der Waals surface area contributed by atoms with Gasteiger partial charge in [0, 0.05) is 11.4 Å². The largest absolute Gasteiger partial charge is 0.566 e. The van der Waals surface area contributed by atoms with E-state index in [2.05, 4.69) is 26.0 Å². The van der Waals surface area contributed by atoms with Crippen molar-refractivity contribution in [3.05, 3.63) is 45.6 Å². The van der Waals surface area contributed by atoms with Crippen molar-refractivity contribution in [1.29, 1.82) is 5.26 Å². The SMILES string of the molecule is [B]OC(=C(C#N)c1nc(C)c(C)c(C)n1)c1c(C)nc(C)nc1C. The predicted molar refractivity (Wildman–Crippen MR) is 91.8 cm³/mol. The minimum atomic E-state index is 0.155. The van der Waals surface area contributed by atoms with Gasteiger partial charge < -0.3 is 4.65 Å². The van der Waals surface area contributed by atoms with Crippen molar-refractivity contribution < 1.29 is 4.65 Å². The smallest absolute Gasteiger partial charge is 0.374 e. The van der Waals surface area contributed by atoms with Crippen molar-refractivity contribution in [2.24, 2.45) is 0 Å². The number of allylic oxidation sites excluding steroid dienone is 1. The van der Waals surface area contributed by atoms with Crippen LogP contribution < -0.4 is 0 Å². The first-order chi connectivity index (χ1) is 11.3. The maximum atomic E-state index is 9.67. The van der Waals surface area contributed by atoms with Crippen molar-refractivity contribution in [3.63, 3.8) is 0 Å². The van der Waals surface area contributed by atoms with Crippen LogP contribution in [0, 0.1) is 52.9 Å². The van der Waals surface area contributed by atoms with E-state index in [1.54, 1.807) is 6.92 Å². The molecule has 0 unspecified atom stereocenters. The first-order valence-electron chi connectivity index (χ1n) is 7.45. The van der Waals surface area contributed by atoms with Gasteiger partial charge in [-0.05, 0) is 47.1 Å². The van der Waals surface area contributed by atoms with Gasteiger partial charge in [0.05, 0.1) is 17.0 Å². The van der Waals surface area contributed by atoms with Gasteiger partial charge in [-0.25, -0.2) is 19.9 Å². The Labute approximate surface area is 143 Å². The van der Waals surface area contributed by atoms with Crippen molar-refractivity contribution in [3.8, 4) is 6.07 Å². The quantitative estimate of drug-likeness (QED) is 0.491. The maximum Gasteiger partial charge on any atom is 0.374 e. The minimum Gasteiger partial charge on any atom is -0.566 e. The molecular weight excluding hydrogens is 301 g/mol. The molecule has 6 nitrogen and oxygen atoms in total. The molecule has 2 radical (unpaired) electrons. The van der Waals surface area contributed by atoms with Crippen LogP contribution >= 0.6 is 0 Å². The number of rotatable bonds is 3. The second kappa shape index (κ2) is 6.79. The summed E-state index contributed by atoms with van der Waals surface area (Å²) >= 11 is 0. The van der Waals surface area contributed by atoms with Crippen LogP contribution in [0.2, 0.25) is 0 Å². The van der Waals surface area contributed by atoms with E-state index in [1.807, 2.05) is 34.6 Å². The van der Waals surface area contributed by atoms with Gasteiger partial charge in [0.1, 0.15) is 23.2 Å². The fourth-order valence-electron chi connectivity index (χ4n) is 2.54. The third-order valence-electron chi connectivity index (χ3n) is 3.92. The Morgan fingerprint density at radius 2 is 1.38 bits per heavy atom. The summed E-state index contributed by atoms with van der Waals surface area (Å²) in [7, 11) is 5.48. The van der Waals surface area contributed by atoms with Gasteiger partial charge in [0.25, 0.3) is 0 Å². The van der Waals surface area contributed by atoms with E-state index in [4.69, 9.17) is 12.7 Å². The molecule has 0 N–H and O–H groups in total. The first-order valence-corrected chi connectivity index (χ1v) is 7.45. The molecule has 0 amide bonds. The molecule has 0 spiro atoms. The Kier molecular flexibility index (Phi) is 4.98. The molecule has 0 aliphatic heterocycles. The molecule has 2 aromatic heterocycles. The highest BCUT2D eigenvalue weighted by molar-refractivity contribution is 6.06. The number of hydrogen-bond acceptors (Lipinski definition) is 6. The van der Waals surface area contributed by atoms with Crippen LogP contribution in [0.4, 0.5) is 0 Å². The van der Waals surface area contributed by atoms with Crippen LogP contribution in [0.25, 0.3) is 11.3 Å². The molecule has 0 atom stereocenters. The van der Waals surface area contributed by atoms with E-state index in [0.29, 0.717) is 22.8 Å². The van der Waals surface area contributed by atoms with Crippen LogP contribution in [0.5, 0.6) is 0 Å². The number of nitriles is 1. The Morgan fingerprint density at radius 3 is 1.79 bits per heavy atom. The van der Waals surface area contributed by atoms with Gasteiger partial charge in [-0.3, -0.25) is 0 Å². The van der Waals surface area contributed by atoms with E-state index in [0.717, 1.165) is 17.0 Å². The van der Waals surface area contributed by atoms with Gasteiger partial charge in [0.15, 0.2) is 5.82 Å². The number of aromatic nitrogens is 4. The normalized spacial score (nSPS) is 11.7. The average molecular weight is 319 g/mol. The molecule has 0 bridgehead atoms. The van der Waals surface area contributed by atoms with Crippen molar-refractivity contribution in [2.45, 2.75) is 41.5 Å². The fourth-order valence-corrected chi connectivity index (χ4v) is 2.54. The standard InChI is InChI=1S/C17H18BN5O/c1-8-9(2)22-17(23-10(8)3)14(7-19)16(24-18)15-11(4)20-13(6)21-12(15)5/h1-6H3. The number of aryl methyl sites for hydroxylation is 5. The van der Waals surface area contributed by atoms with E-state index in [9.17, 15) is 5.26 Å². The van der Waals surface area contributed by atoms with Crippen LogP contribution in [0.15, 0.2) is 0 Å². The van der Waals surface area contributed by atoms with Crippen LogP contribution in [-0.4, -0.2) is 28.0 Å². The molecule has 0 aliphatic rings. The number of nitrogens with zero attached hydrogens (tertiary/aromatic N) is 5. The fraction of sp³-hybridized carbons (Fsp3) is 0.353. The lowest BCUT2D eigenvalue weighted by Crippen LogP contribution is -2.08. The molecule has 2 aromatic rings. The zero-order valence-corrected chi connectivity index (χ0v) is 14.7. The monoisotopic (exact) mass is 319 g/mol. The minimum absolute atomic E-state index is 0.155. The molecule has 2 heterocycles. The highest BCUT2D eigenvalue weighted by Gasteiger charge is 2.21. The third kappa shape index (κ3) is 3.13. The molecule has 0 fully saturated rings. The molecular formula is C17H18BN5O. The zero-order valence-electron chi connectivity index (χ0n) is 14.7. The van der Waals surface area contributed by atoms with Gasteiger partial charge in [-0.15, -0.1) is 0 Å². The summed E-state index contributed by atoms with van der Waals surface area (Å²) in [5.74, 6) is 1.09. The lowest BCUT2D eigenvalue weighted by molar-refractivity contribution is 0.571. The Bertz CT molecular complexity index is 837. The first kappa shape index (κ1) is 17.6. The average Bonchev–Trinajstić information content (AvgIpc) is 2.50. The Hall–Kier alpha value is -2.75. The molecule has 0 saturated carbocycles. The Balaban J connectivity index is 2.80. The molecule has 0 saturated heterocycles. The second-order valence-corrected chi connectivity index (χ2v) is 5.59. The third-order valence-corrected chi connectivity index (χ3v) is 3.92. The van der Waals surface area contributed by atoms with E-state index in [-0.39, 0.29) is 17.2 Å². The van der Waals surface area contributed by atoms with E-state index >= 15 is 0 Å². The molecule has 24 heavy (non-hydrogen) atoms. The lowest BCUT2D eigenvalue weighted by Gasteiger charge is -2.15. The van der Waals surface area contributed by atoms with Crippen molar-refractivity contribution in [1.82, 2.24) is 19.9 Å². The van der Waals surface area contributed by atoms with Crippen LogP contribution in [-0.2, 0) is 4.65 Å². The highest BCUT2D eigenvalue weighted by Crippen LogP contribution is 2.28. The molecule has 120 valence electrons. The molecule has 2 rings (SSSR count). The summed E-state index contributed by atoms with van der Waals surface area (Å²) in [4.78, 5) is 17.5. The second-order valence-electron chi connectivity index (χ2n) is 5.59. The summed E-state index contributed by atoms with van der Waals surface area (Å²) < 4.78 is 5.05. The summed E-state index contributed by atoms with van der Waals surface area (Å²) in [5.41, 5.74) is 4.67. The van der Waals surface area contributed by atoms with Gasteiger partial charge >= 0.3 is 8.05 Å². The predicted octanol–water partition coefficient (Wildman–Crippen LogP) is 2.61. The summed E-state index contributed by atoms with van der Waals surface area (Å²) in [6, 6.07) is 2.10. The van der Waals surface area contributed by atoms with Gasteiger partial charge in [-0.2, -0.15) is 5.26 Å². The van der Waals surface area contributed by atoms with E-state index in [1.165, 1.54) is 0 Å². The van der Waals surface area contributed by atoms with Crippen LogP contribution in [0.1, 0.15) is 45.6 Å². The van der Waals surface area contributed by atoms with Crippen LogP contribution in [0.3, 0.4) is 0 Å². The topological polar surface area (TPSA) is 84.6 Å². The Morgan fingerprint density at radius 1 is 0.875 bits per heavy atom. The van der Waals surface area contributed by atoms with Crippen molar-refractivity contribution in [2.75, 3.05) is 0 Å². The molecule has 7 heteroatoms. The summed E-state index contributed by atoms with van der Waals surface area (Å²) in [5, 5.41) is 9.67. The van der Waals surface area contributed by atoms with Gasteiger partial charge in [-0.1, -0.05) is 0 Å². The highest BCUT2D eigenvalue weighted by atomic mass is 16.4. The lowest BCUT2D eigenvalue weighted by atomic mass is 10.0. The molecule has 0 aromatic carbocycles.